The van der Waals surface area contributed by atoms with Gasteiger partial charge in [-0.1, -0.05) is 73.5 Å². The van der Waals surface area contributed by atoms with Gasteiger partial charge < -0.3 is 15.6 Å². The third kappa shape index (κ3) is 5.76. The molecule has 4 rings (SSSR count). The van der Waals surface area contributed by atoms with Crippen molar-refractivity contribution in [3.63, 3.8) is 0 Å². The Morgan fingerprint density at radius 2 is 1.71 bits per heavy atom. The van der Waals surface area contributed by atoms with Gasteiger partial charge in [0.1, 0.15) is 11.3 Å². The number of benzene rings is 3. The van der Waals surface area contributed by atoms with Crippen molar-refractivity contribution in [3.05, 3.63) is 116 Å². The van der Waals surface area contributed by atoms with Crippen LogP contribution < -0.4 is 11.2 Å². The van der Waals surface area contributed by atoms with Crippen LogP contribution in [0.25, 0.3) is 11.0 Å². The average Bonchev–Trinajstić information content (AvgIpc) is 2.76. The van der Waals surface area contributed by atoms with Gasteiger partial charge in [-0.15, -0.1) is 12.4 Å². The first-order valence-corrected chi connectivity index (χ1v) is 11.3. The topological polar surface area (TPSA) is 105 Å². The summed E-state index contributed by atoms with van der Waals surface area (Å²) < 4.78 is 6.44. The van der Waals surface area contributed by atoms with Crippen molar-refractivity contribution in [1.29, 1.82) is 0 Å². The number of amides is 1. The monoisotopic (exact) mass is 513 g/mol. The van der Waals surface area contributed by atoms with E-state index in [0.29, 0.717) is 39.3 Å². The summed E-state index contributed by atoms with van der Waals surface area (Å²) in [7, 11) is 0. The van der Waals surface area contributed by atoms with Gasteiger partial charge in [0.15, 0.2) is 5.43 Å². The predicted molar refractivity (Wildman–Crippen MR) is 144 cm³/mol. The molecular formula is C28H29Cl2NO4. The van der Waals surface area contributed by atoms with Crippen molar-refractivity contribution in [2.75, 3.05) is 0 Å². The second kappa shape index (κ2) is 11.5. The van der Waals surface area contributed by atoms with Gasteiger partial charge in [-0.05, 0) is 42.2 Å². The quantitative estimate of drug-likeness (QED) is 0.350. The maximum atomic E-state index is 13.7. The Hall–Kier alpha value is -3.12. The molecule has 4 aromatic rings. The first-order chi connectivity index (χ1) is 15.8. The Balaban J connectivity index is 0.00000216. The minimum atomic E-state index is -0.508. The third-order valence-electron chi connectivity index (χ3n) is 5.96. The third-order valence-corrected chi connectivity index (χ3v) is 6.20. The van der Waals surface area contributed by atoms with E-state index < -0.39 is 5.91 Å². The normalized spacial score (nSPS) is 11.6. The largest absolute Gasteiger partial charge is 0.460 e. The zero-order chi connectivity index (χ0) is 23.7. The van der Waals surface area contributed by atoms with E-state index in [-0.39, 0.29) is 35.1 Å². The van der Waals surface area contributed by atoms with Crippen molar-refractivity contribution >= 4 is 40.9 Å². The first kappa shape index (κ1) is 28.1. The maximum absolute atomic E-state index is 13.7. The Morgan fingerprint density at radius 1 is 1.03 bits per heavy atom. The summed E-state index contributed by atoms with van der Waals surface area (Å²) >= 11 is 6.22. The molecule has 1 aromatic heterocycles. The van der Waals surface area contributed by atoms with Crippen molar-refractivity contribution in [3.8, 4) is 0 Å². The molecule has 0 aliphatic rings. The Morgan fingerprint density at radius 3 is 2.34 bits per heavy atom. The van der Waals surface area contributed by atoms with Gasteiger partial charge >= 0.3 is 0 Å². The number of halogens is 2. The maximum Gasteiger partial charge on any atom is 0.249 e. The van der Waals surface area contributed by atoms with E-state index in [1.54, 1.807) is 24.3 Å². The second-order valence-electron chi connectivity index (χ2n) is 8.75. The molecule has 7 heteroatoms. The van der Waals surface area contributed by atoms with Crippen molar-refractivity contribution in [2.24, 2.45) is 11.7 Å². The lowest BCUT2D eigenvalue weighted by Gasteiger charge is -2.25. The Labute approximate surface area is 215 Å². The first-order valence-electron chi connectivity index (χ1n) is 11.0. The molecule has 184 valence electrons. The van der Waals surface area contributed by atoms with Gasteiger partial charge in [0.2, 0.25) is 5.91 Å². The minimum absolute atomic E-state index is 0. The smallest absolute Gasteiger partial charge is 0.249 e. The molecule has 0 aliphatic carbocycles. The van der Waals surface area contributed by atoms with Crippen LogP contribution in [0.15, 0.2) is 75.9 Å². The molecule has 0 bridgehead atoms. The summed E-state index contributed by atoms with van der Waals surface area (Å²) in [6.45, 7) is 6.06. The highest BCUT2D eigenvalue weighted by atomic mass is 35.5. The summed E-state index contributed by atoms with van der Waals surface area (Å²) in [5.41, 5.74) is 9.83. The molecule has 35 heavy (non-hydrogen) atoms. The summed E-state index contributed by atoms with van der Waals surface area (Å²) in [6, 6.07) is 20.4. The molecule has 0 spiro atoms. The predicted octanol–water partition coefficient (Wildman–Crippen LogP) is 5.83. The van der Waals surface area contributed by atoms with E-state index in [0.717, 1.165) is 16.7 Å². The highest BCUT2D eigenvalue weighted by molar-refractivity contribution is 6.31. The molecule has 0 aliphatic heterocycles. The fraction of sp³-hybridized carbons (Fsp3) is 0.214. The molecule has 1 amide bonds. The van der Waals surface area contributed by atoms with Crippen LogP contribution in [0.5, 0.6) is 0 Å². The molecule has 0 radical (unpaired) electrons. The molecular weight excluding hydrogens is 485 g/mol. The van der Waals surface area contributed by atoms with Gasteiger partial charge in [-0.25, -0.2) is 0 Å². The molecule has 1 heterocycles. The lowest BCUT2D eigenvalue weighted by atomic mass is 9.80. The van der Waals surface area contributed by atoms with Crippen LogP contribution >= 0.6 is 24.0 Å². The van der Waals surface area contributed by atoms with Crippen molar-refractivity contribution in [2.45, 2.75) is 33.1 Å². The van der Waals surface area contributed by atoms with Crippen LogP contribution in [0.2, 0.25) is 5.02 Å². The van der Waals surface area contributed by atoms with E-state index in [1.807, 2.05) is 63.2 Å². The van der Waals surface area contributed by atoms with Crippen LogP contribution in [0.1, 0.15) is 58.1 Å². The van der Waals surface area contributed by atoms with Gasteiger partial charge in [0, 0.05) is 34.6 Å². The Kier molecular flexibility index (Phi) is 9.27. The molecule has 0 fully saturated rings. The van der Waals surface area contributed by atoms with Crippen LogP contribution in [0, 0.1) is 12.8 Å². The zero-order valence-corrected chi connectivity index (χ0v) is 21.4. The number of hydrogen-bond acceptors (Lipinski definition) is 3. The number of aryl methyl sites for hydroxylation is 1. The van der Waals surface area contributed by atoms with Crippen LogP contribution in [-0.2, 0) is 6.42 Å². The standard InChI is InChI=1S/C28H26ClNO3.ClH.H2O/c1-16(2)25(22-13-17(3)9-11-20(22)28(30)32)27-23(14-18-7-5-4-6-8-18)26(31)21-12-10-19(29)15-24(21)33-27;;/h4-13,15-16,25H,14H2,1-3H3,(H2,30,32);1H;1H2/t25-;;/m1../s1. The van der Waals surface area contributed by atoms with Gasteiger partial charge in [-0.2, -0.15) is 0 Å². The fourth-order valence-corrected chi connectivity index (χ4v) is 4.57. The minimum Gasteiger partial charge on any atom is -0.460 e. The number of primary amides is 1. The van der Waals surface area contributed by atoms with E-state index in [9.17, 15) is 9.59 Å². The molecule has 3 aromatic carbocycles. The molecule has 4 N–H and O–H groups in total. The van der Waals surface area contributed by atoms with Crippen molar-refractivity contribution < 1.29 is 14.7 Å². The van der Waals surface area contributed by atoms with E-state index in [2.05, 4.69) is 0 Å². The number of hydrogen-bond donors (Lipinski definition) is 1. The number of fused-ring (bicyclic) bond motifs is 1. The highest BCUT2D eigenvalue weighted by Crippen LogP contribution is 2.38. The molecule has 1 atom stereocenters. The van der Waals surface area contributed by atoms with Gasteiger partial charge in [0.25, 0.3) is 0 Å². The molecule has 0 saturated carbocycles. The molecule has 5 nitrogen and oxygen atoms in total. The highest BCUT2D eigenvalue weighted by Gasteiger charge is 2.30. The van der Waals surface area contributed by atoms with Crippen LogP contribution in [-0.4, -0.2) is 11.4 Å². The van der Waals surface area contributed by atoms with Gasteiger partial charge in [-0.3, -0.25) is 9.59 Å². The summed E-state index contributed by atoms with van der Waals surface area (Å²) in [5.74, 6) is -0.283. The van der Waals surface area contributed by atoms with Crippen LogP contribution in [0.4, 0.5) is 0 Å². The summed E-state index contributed by atoms with van der Waals surface area (Å²) in [5, 5.41) is 0.970. The number of carbonyl (C=O) groups excluding carboxylic acids is 1. The fourth-order valence-electron chi connectivity index (χ4n) is 4.41. The van der Waals surface area contributed by atoms with E-state index in [4.69, 9.17) is 21.8 Å². The zero-order valence-electron chi connectivity index (χ0n) is 19.8. The number of nitrogens with two attached hydrogens (primary N) is 1. The molecule has 0 unspecified atom stereocenters. The van der Waals surface area contributed by atoms with E-state index >= 15 is 0 Å². The lowest BCUT2D eigenvalue weighted by Crippen LogP contribution is -2.22. The number of rotatable bonds is 6. The van der Waals surface area contributed by atoms with Gasteiger partial charge in [0.05, 0.1) is 5.39 Å². The van der Waals surface area contributed by atoms with Crippen molar-refractivity contribution in [1.82, 2.24) is 0 Å². The number of carbonyl (C=O) groups is 1. The SMILES string of the molecule is Cc1ccc(C(N)=O)c([C@H](c2oc3cc(Cl)ccc3c(=O)c2Cc2ccccc2)C(C)C)c1.Cl.O. The summed E-state index contributed by atoms with van der Waals surface area (Å²) in [6.07, 6.45) is 0.415. The Bertz CT molecular complexity index is 1400. The van der Waals surface area contributed by atoms with E-state index in [1.165, 1.54) is 0 Å². The van der Waals surface area contributed by atoms with Crippen LogP contribution in [0.3, 0.4) is 0 Å². The second-order valence-corrected chi connectivity index (χ2v) is 9.19. The molecule has 0 saturated heterocycles. The lowest BCUT2D eigenvalue weighted by molar-refractivity contribution is 0.0999. The summed E-state index contributed by atoms with van der Waals surface area (Å²) in [4.78, 5) is 26.0. The average molecular weight is 514 g/mol.